The van der Waals surface area contributed by atoms with Crippen LogP contribution in [0.4, 0.5) is 5.69 Å². The molecule has 5 nitrogen and oxygen atoms in total. The van der Waals surface area contributed by atoms with Gasteiger partial charge >= 0.3 is 0 Å². The van der Waals surface area contributed by atoms with Crippen molar-refractivity contribution in [3.05, 3.63) is 29.8 Å². The molecule has 0 bridgehead atoms. The van der Waals surface area contributed by atoms with Gasteiger partial charge in [-0.25, -0.2) is 8.42 Å². The molecule has 0 heterocycles. The summed E-state index contributed by atoms with van der Waals surface area (Å²) in [6.07, 6.45) is 1.89. The lowest BCUT2D eigenvalue weighted by atomic mass is 10.1. The number of benzene rings is 1. The van der Waals surface area contributed by atoms with E-state index in [1.807, 2.05) is 19.9 Å². The quantitative estimate of drug-likeness (QED) is 0.835. The van der Waals surface area contributed by atoms with E-state index in [1.54, 1.807) is 18.2 Å². The van der Waals surface area contributed by atoms with Crippen molar-refractivity contribution >= 4 is 21.6 Å². The first-order valence-corrected chi connectivity index (χ1v) is 8.05. The van der Waals surface area contributed by atoms with Crippen LogP contribution in [0, 0.1) is 5.92 Å². The first-order chi connectivity index (χ1) is 8.81. The highest BCUT2D eigenvalue weighted by molar-refractivity contribution is 7.92. The van der Waals surface area contributed by atoms with Crippen molar-refractivity contribution in [1.82, 2.24) is 5.32 Å². The van der Waals surface area contributed by atoms with E-state index in [9.17, 15) is 13.2 Å². The molecule has 0 aliphatic carbocycles. The number of amides is 1. The summed E-state index contributed by atoms with van der Waals surface area (Å²) in [5.41, 5.74) is 1.35. The number of hydrogen-bond donors (Lipinski definition) is 2. The molecule has 0 radical (unpaired) electrons. The molecule has 1 unspecified atom stereocenters. The third-order valence-electron chi connectivity index (χ3n) is 2.76. The van der Waals surface area contributed by atoms with Crippen LogP contribution in [0.5, 0.6) is 0 Å². The minimum absolute atomic E-state index is 0.00368. The van der Waals surface area contributed by atoms with Gasteiger partial charge in [0.2, 0.25) is 15.9 Å². The molecule has 0 aliphatic rings. The summed E-state index contributed by atoms with van der Waals surface area (Å²) >= 11 is 0. The molecule has 0 saturated carbocycles. The Morgan fingerprint density at radius 1 is 1.37 bits per heavy atom. The van der Waals surface area contributed by atoms with Crippen LogP contribution in [-0.2, 0) is 21.4 Å². The molecule has 2 N–H and O–H groups in total. The number of carbonyl (C=O) groups is 1. The molecule has 1 aromatic rings. The van der Waals surface area contributed by atoms with Crippen LogP contribution < -0.4 is 10.0 Å². The van der Waals surface area contributed by atoms with Gasteiger partial charge in [-0.2, -0.15) is 0 Å². The Hall–Kier alpha value is -1.56. The lowest BCUT2D eigenvalue weighted by Crippen LogP contribution is -2.28. The molecule has 0 aliphatic heterocycles. The lowest BCUT2D eigenvalue weighted by molar-refractivity contribution is -0.124. The normalized spacial score (nSPS) is 12.8. The summed E-state index contributed by atoms with van der Waals surface area (Å²) in [4.78, 5) is 11.6. The van der Waals surface area contributed by atoms with Gasteiger partial charge in [-0.1, -0.05) is 26.0 Å². The molecule has 0 fully saturated rings. The minimum atomic E-state index is -3.28. The van der Waals surface area contributed by atoms with E-state index in [4.69, 9.17) is 0 Å². The van der Waals surface area contributed by atoms with Gasteiger partial charge in [-0.05, 0) is 24.1 Å². The second-order valence-corrected chi connectivity index (χ2v) is 6.35. The van der Waals surface area contributed by atoms with Crippen LogP contribution in [0.15, 0.2) is 24.3 Å². The maximum absolute atomic E-state index is 11.6. The smallest absolute Gasteiger partial charge is 0.229 e. The summed E-state index contributed by atoms with van der Waals surface area (Å²) in [6, 6.07) is 6.96. The van der Waals surface area contributed by atoms with E-state index in [-0.39, 0.29) is 11.8 Å². The number of anilines is 1. The van der Waals surface area contributed by atoms with Gasteiger partial charge in [-0.15, -0.1) is 0 Å². The second-order valence-electron chi connectivity index (χ2n) is 4.60. The summed E-state index contributed by atoms with van der Waals surface area (Å²) in [5, 5.41) is 2.82. The predicted molar refractivity (Wildman–Crippen MR) is 76.2 cm³/mol. The molecule has 1 atom stereocenters. The third-order valence-corrected chi connectivity index (χ3v) is 3.36. The summed E-state index contributed by atoms with van der Waals surface area (Å²) < 4.78 is 24.7. The van der Waals surface area contributed by atoms with E-state index in [0.717, 1.165) is 18.2 Å². The Morgan fingerprint density at radius 3 is 2.63 bits per heavy atom. The maximum Gasteiger partial charge on any atom is 0.229 e. The largest absolute Gasteiger partial charge is 0.352 e. The highest BCUT2D eigenvalue weighted by atomic mass is 32.2. The Bertz CT molecular complexity index is 541. The molecule has 0 aromatic heterocycles. The molecule has 6 heteroatoms. The van der Waals surface area contributed by atoms with Gasteiger partial charge in [0.05, 0.1) is 6.26 Å². The predicted octanol–water partition coefficient (Wildman–Crippen LogP) is 1.72. The minimum Gasteiger partial charge on any atom is -0.352 e. The molecular formula is C13H20N2O3S. The van der Waals surface area contributed by atoms with Crippen molar-refractivity contribution in [2.75, 3.05) is 11.0 Å². The Kier molecular flexibility index (Phi) is 5.35. The average molecular weight is 284 g/mol. The number of rotatable bonds is 6. The average Bonchev–Trinajstić information content (AvgIpc) is 2.33. The Labute approximate surface area is 114 Å². The van der Waals surface area contributed by atoms with E-state index < -0.39 is 10.0 Å². The van der Waals surface area contributed by atoms with Crippen LogP contribution in [0.3, 0.4) is 0 Å². The zero-order valence-electron chi connectivity index (χ0n) is 11.4. The van der Waals surface area contributed by atoms with Gasteiger partial charge in [0.1, 0.15) is 0 Å². The van der Waals surface area contributed by atoms with E-state index in [1.165, 1.54) is 0 Å². The molecule has 0 spiro atoms. The van der Waals surface area contributed by atoms with E-state index in [2.05, 4.69) is 10.0 Å². The molecule has 106 valence electrons. The first kappa shape index (κ1) is 15.5. The fraction of sp³-hybridized carbons (Fsp3) is 0.462. The van der Waals surface area contributed by atoms with Crippen LogP contribution in [0.25, 0.3) is 0 Å². The standard InChI is InChI=1S/C13H20N2O3S/c1-4-10(2)13(16)14-9-11-6-5-7-12(8-11)15-19(3,17)18/h5-8,10,15H,4,9H2,1-3H3,(H,14,16). The summed E-state index contributed by atoms with van der Waals surface area (Å²) in [6.45, 7) is 4.22. The second kappa shape index (κ2) is 6.56. The van der Waals surface area contributed by atoms with Crippen molar-refractivity contribution in [1.29, 1.82) is 0 Å². The van der Waals surface area contributed by atoms with Crippen molar-refractivity contribution in [2.45, 2.75) is 26.8 Å². The molecule has 0 saturated heterocycles. The number of nitrogens with one attached hydrogen (secondary N) is 2. The SMILES string of the molecule is CCC(C)C(=O)NCc1cccc(NS(C)(=O)=O)c1. The van der Waals surface area contributed by atoms with Crippen molar-refractivity contribution in [3.8, 4) is 0 Å². The van der Waals surface area contributed by atoms with Gasteiger partial charge in [0, 0.05) is 18.2 Å². The van der Waals surface area contributed by atoms with Crippen molar-refractivity contribution in [2.24, 2.45) is 5.92 Å². The molecule has 1 rings (SSSR count). The molecule has 1 amide bonds. The highest BCUT2D eigenvalue weighted by Gasteiger charge is 2.09. The number of carbonyl (C=O) groups excluding carboxylic acids is 1. The van der Waals surface area contributed by atoms with Gasteiger partial charge in [-0.3, -0.25) is 9.52 Å². The topological polar surface area (TPSA) is 75.3 Å². The van der Waals surface area contributed by atoms with Crippen LogP contribution in [0.2, 0.25) is 0 Å². The van der Waals surface area contributed by atoms with E-state index in [0.29, 0.717) is 12.2 Å². The maximum atomic E-state index is 11.6. The summed E-state index contributed by atoms with van der Waals surface area (Å²) in [7, 11) is -3.28. The summed E-state index contributed by atoms with van der Waals surface area (Å²) in [5.74, 6) is -0.0127. The zero-order valence-corrected chi connectivity index (χ0v) is 12.3. The number of hydrogen-bond acceptors (Lipinski definition) is 3. The molecule has 19 heavy (non-hydrogen) atoms. The molecular weight excluding hydrogens is 264 g/mol. The van der Waals surface area contributed by atoms with Crippen molar-refractivity contribution < 1.29 is 13.2 Å². The van der Waals surface area contributed by atoms with Crippen LogP contribution in [-0.4, -0.2) is 20.6 Å². The van der Waals surface area contributed by atoms with Crippen molar-refractivity contribution in [3.63, 3.8) is 0 Å². The fourth-order valence-electron chi connectivity index (χ4n) is 1.51. The highest BCUT2D eigenvalue weighted by Crippen LogP contribution is 2.12. The lowest BCUT2D eigenvalue weighted by Gasteiger charge is -2.11. The first-order valence-electron chi connectivity index (χ1n) is 6.16. The van der Waals surface area contributed by atoms with Gasteiger partial charge < -0.3 is 5.32 Å². The van der Waals surface area contributed by atoms with Crippen LogP contribution in [0.1, 0.15) is 25.8 Å². The number of sulfonamides is 1. The molecule has 1 aromatic carbocycles. The third kappa shape index (κ3) is 5.74. The van der Waals surface area contributed by atoms with Gasteiger partial charge in [0.15, 0.2) is 0 Å². The zero-order chi connectivity index (χ0) is 14.5. The fourth-order valence-corrected chi connectivity index (χ4v) is 2.06. The Morgan fingerprint density at radius 2 is 2.05 bits per heavy atom. The monoisotopic (exact) mass is 284 g/mol. The van der Waals surface area contributed by atoms with Crippen LogP contribution >= 0.6 is 0 Å². The van der Waals surface area contributed by atoms with Gasteiger partial charge in [0.25, 0.3) is 0 Å². The van der Waals surface area contributed by atoms with E-state index >= 15 is 0 Å². The Balaban J connectivity index is 2.65.